The molecule has 2 amide bonds. The fourth-order valence-electron chi connectivity index (χ4n) is 3.55. The Hall–Kier alpha value is -1.59. The van der Waals surface area contributed by atoms with Crippen LogP contribution in [0.4, 0.5) is 10.5 Å². The largest absolute Gasteiger partial charge is 0.380 e. The Morgan fingerprint density at radius 2 is 1.83 bits per heavy atom. The molecular weight excluding hydrogens is 290 g/mol. The molecule has 5 heteroatoms. The van der Waals surface area contributed by atoms with Crippen LogP contribution in [0.15, 0.2) is 24.3 Å². The Kier molecular flexibility index (Phi) is 5.18. The molecule has 1 unspecified atom stereocenters. The summed E-state index contributed by atoms with van der Waals surface area (Å²) in [6.07, 6.45) is 3.62. The van der Waals surface area contributed by atoms with E-state index in [0.29, 0.717) is 12.1 Å². The van der Waals surface area contributed by atoms with Gasteiger partial charge in [-0.05, 0) is 38.3 Å². The molecule has 1 N–H and O–H groups in total. The van der Waals surface area contributed by atoms with Crippen LogP contribution in [0.2, 0.25) is 0 Å². The maximum absolute atomic E-state index is 12.4. The predicted octanol–water partition coefficient (Wildman–Crippen LogP) is 2.71. The fourth-order valence-corrected chi connectivity index (χ4v) is 3.55. The highest BCUT2D eigenvalue weighted by Gasteiger charge is 2.31. The average Bonchev–Trinajstić information content (AvgIpc) is 3.06. The molecule has 23 heavy (non-hydrogen) atoms. The van der Waals surface area contributed by atoms with Gasteiger partial charge in [0.25, 0.3) is 0 Å². The van der Waals surface area contributed by atoms with Crippen molar-refractivity contribution in [3.63, 3.8) is 0 Å². The van der Waals surface area contributed by atoms with E-state index in [-0.39, 0.29) is 6.03 Å². The van der Waals surface area contributed by atoms with Gasteiger partial charge >= 0.3 is 6.03 Å². The first kappa shape index (κ1) is 16.3. The number of anilines is 1. The molecule has 2 saturated heterocycles. The van der Waals surface area contributed by atoms with Gasteiger partial charge in [0, 0.05) is 45.0 Å². The van der Waals surface area contributed by atoms with Gasteiger partial charge in [0.2, 0.25) is 0 Å². The van der Waals surface area contributed by atoms with E-state index in [1.54, 1.807) is 7.11 Å². The molecule has 0 saturated carbocycles. The highest BCUT2D eigenvalue weighted by atomic mass is 16.5. The highest BCUT2D eigenvalue weighted by molar-refractivity contribution is 5.89. The minimum absolute atomic E-state index is 0.0171. The molecule has 2 aliphatic heterocycles. The normalized spacial score (nSPS) is 23.2. The summed E-state index contributed by atoms with van der Waals surface area (Å²) >= 11 is 0. The van der Waals surface area contributed by atoms with Gasteiger partial charge in [-0.25, -0.2) is 4.79 Å². The van der Waals surface area contributed by atoms with Crippen molar-refractivity contribution in [3.05, 3.63) is 29.8 Å². The fraction of sp³-hybridized carbons (Fsp3) is 0.611. The molecule has 0 radical (unpaired) electrons. The van der Waals surface area contributed by atoms with E-state index in [2.05, 4.69) is 10.2 Å². The lowest BCUT2D eigenvalue weighted by molar-refractivity contribution is 0.0889. The standard InChI is InChI=1S/C18H27N3O2/c1-14-3-5-15(6-4-14)19-18(22)20-10-7-16(8-11-20)21-12-9-17(13-21)23-2/h3-6,16-17H,7-13H2,1-2H3,(H,19,22). The number of nitrogens with zero attached hydrogens (tertiary/aromatic N) is 2. The van der Waals surface area contributed by atoms with Crippen molar-refractivity contribution in [2.24, 2.45) is 0 Å². The SMILES string of the molecule is COC1CCN(C2CCN(C(=O)Nc3ccc(C)cc3)CC2)C1. The Balaban J connectivity index is 1.47. The Morgan fingerprint density at radius 1 is 1.13 bits per heavy atom. The zero-order valence-electron chi connectivity index (χ0n) is 14.1. The minimum atomic E-state index is 0.0171. The van der Waals surface area contributed by atoms with Crippen LogP contribution in [0.5, 0.6) is 0 Å². The van der Waals surface area contributed by atoms with E-state index in [0.717, 1.165) is 51.1 Å². The summed E-state index contributed by atoms with van der Waals surface area (Å²) in [6.45, 7) is 5.87. The second-order valence-corrected chi connectivity index (χ2v) is 6.66. The second kappa shape index (κ2) is 7.32. The van der Waals surface area contributed by atoms with E-state index in [9.17, 15) is 4.79 Å². The highest BCUT2D eigenvalue weighted by Crippen LogP contribution is 2.23. The number of benzene rings is 1. The molecule has 0 aliphatic carbocycles. The number of amides is 2. The predicted molar refractivity (Wildman–Crippen MR) is 91.8 cm³/mol. The van der Waals surface area contributed by atoms with E-state index < -0.39 is 0 Å². The van der Waals surface area contributed by atoms with Crippen LogP contribution in [0.3, 0.4) is 0 Å². The Bertz CT molecular complexity index is 524. The van der Waals surface area contributed by atoms with E-state index >= 15 is 0 Å². The summed E-state index contributed by atoms with van der Waals surface area (Å²) < 4.78 is 5.45. The second-order valence-electron chi connectivity index (χ2n) is 6.66. The Morgan fingerprint density at radius 3 is 2.43 bits per heavy atom. The first-order valence-electron chi connectivity index (χ1n) is 8.55. The molecule has 0 spiro atoms. The Labute approximate surface area is 138 Å². The summed E-state index contributed by atoms with van der Waals surface area (Å²) in [4.78, 5) is 16.8. The van der Waals surface area contributed by atoms with Gasteiger partial charge < -0.3 is 15.0 Å². The first-order chi connectivity index (χ1) is 11.2. The monoisotopic (exact) mass is 317 g/mol. The molecule has 0 bridgehead atoms. The lowest BCUT2D eigenvalue weighted by atomic mass is 10.0. The lowest BCUT2D eigenvalue weighted by Gasteiger charge is -2.36. The van der Waals surface area contributed by atoms with Crippen LogP contribution in [-0.2, 0) is 4.74 Å². The first-order valence-corrected chi connectivity index (χ1v) is 8.55. The van der Waals surface area contributed by atoms with Crippen molar-refractivity contribution in [2.45, 2.75) is 38.3 Å². The van der Waals surface area contributed by atoms with Crippen molar-refractivity contribution in [1.29, 1.82) is 0 Å². The zero-order chi connectivity index (χ0) is 16.2. The molecule has 1 atom stereocenters. The molecule has 1 aromatic carbocycles. The van der Waals surface area contributed by atoms with Crippen LogP contribution >= 0.6 is 0 Å². The zero-order valence-corrected chi connectivity index (χ0v) is 14.1. The molecular formula is C18H27N3O2. The number of carbonyl (C=O) groups is 1. The number of hydrogen-bond donors (Lipinski definition) is 1. The maximum Gasteiger partial charge on any atom is 0.321 e. The van der Waals surface area contributed by atoms with Gasteiger partial charge in [-0.1, -0.05) is 17.7 Å². The molecule has 3 rings (SSSR count). The molecule has 126 valence electrons. The van der Waals surface area contributed by atoms with Crippen molar-refractivity contribution < 1.29 is 9.53 Å². The number of urea groups is 1. The molecule has 1 aromatic rings. The third-order valence-corrected chi connectivity index (χ3v) is 5.08. The quantitative estimate of drug-likeness (QED) is 0.932. The van der Waals surface area contributed by atoms with Gasteiger partial charge in [0.1, 0.15) is 0 Å². The van der Waals surface area contributed by atoms with E-state index in [4.69, 9.17) is 4.74 Å². The van der Waals surface area contributed by atoms with Crippen LogP contribution in [0.25, 0.3) is 0 Å². The number of carbonyl (C=O) groups excluding carboxylic acids is 1. The molecule has 2 fully saturated rings. The smallest absolute Gasteiger partial charge is 0.321 e. The van der Waals surface area contributed by atoms with Crippen LogP contribution < -0.4 is 5.32 Å². The van der Waals surface area contributed by atoms with Gasteiger partial charge in [-0.3, -0.25) is 4.90 Å². The molecule has 0 aromatic heterocycles. The number of ether oxygens (including phenoxy) is 1. The average molecular weight is 317 g/mol. The minimum Gasteiger partial charge on any atom is -0.380 e. The van der Waals surface area contributed by atoms with Crippen LogP contribution in [0, 0.1) is 6.92 Å². The summed E-state index contributed by atoms with van der Waals surface area (Å²) in [5.41, 5.74) is 2.06. The van der Waals surface area contributed by atoms with E-state index in [1.165, 1.54) is 5.56 Å². The summed E-state index contributed by atoms with van der Waals surface area (Å²) in [5.74, 6) is 0. The van der Waals surface area contributed by atoms with Gasteiger partial charge in [0.15, 0.2) is 0 Å². The van der Waals surface area contributed by atoms with Crippen molar-refractivity contribution in [3.8, 4) is 0 Å². The van der Waals surface area contributed by atoms with Crippen LogP contribution in [-0.4, -0.2) is 61.3 Å². The third-order valence-electron chi connectivity index (χ3n) is 5.08. The van der Waals surface area contributed by atoms with E-state index in [1.807, 2.05) is 36.1 Å². The van der Waals surface area contributed by atoms with Crippen LogP contribution in [0.1, 0.15) is 24.8 Å². The molecule has 5 nitrogen and oxygen atoms in total. The van der Waals surface area contributed by atoms with Gasteiger partial charge in [-0.15, -0.1) is 0 Å². The maximum atomic E-state index is 12.4. The van der Waals surface area contributed by atoms with Crippen molar-refractivity contribution >= 4 is 11.7 Å². The number of methoxy groups -OCH3 is 1. The molecule has 2 heterocycles. The number of rotatable bonds is 3. The number of nitrogens with one attached hydrogen (secondary N) is 1. The summed E-state index contributed by atoms with van der Waals surface area (Å²) in [6, 6.07) is 8.55. The number of piperidine rings is 1. The molecule has 2 aliphatic rings. The van der Waals surface area contributed by atoms with Crippen molar-refractivity contribution in [1.82, 2.24) is 9.80 Å². The summed E-state index contributed by atoms with van der Waals surface area (Å²) in [5, 5.41) is 2.99. The topological polar surface area (TPSA) is 44.8 Å². The number of aryl methyl sites for hydroxylation is 1. The lowest BCUT2D eigenvalue weighted by Crippen LogP contribution is -2.47. The summed E-state index contributed by atoms with van der Waals surface area (Å²) in [7, 11) is 1.80. The van der Waals surface area contributed by atoms with Gasteiger partial charge in [0.05, 0.1) is 6.10 Å². The van der Waals surface area contributed by atoms with Gasteiger partial charge in [-0.2, -0.15) is 0 Å². The number of hydrogen-bond acceptors (Lipinski definition) is 3. The third kappa shape index (κ3) is 4.03. The van der Waals surface area contributed by atoms with Crippen molar-refractivity contribution in [2.75, 3.05) is 38.6 Å². The number of likely N-dealkylation sites (tertiary alicyclic amines) is 2.